The number of ether oxygens (including phenoxy) is 1. The number of aromatic nitrogens is 3. The summed E-state index contributed by atoms with van der Waals surface area (Å²) in [5.74, 6) is 0.0249. The van der Waals surface area contributed by atoms with Gasteiger partial charge in [0.25, 0.3) is 11.5 Å². The van der Waals surface area contributed by atoms with Crippen LogP contribution in [0.3, 0.4) is 0 Å². The van der Waals surface area contributed by atoms with Crippen molar-refractivity contribution in [2.75, 3.05) is 29.1 Å². The van der Waals surface area contributed by atoms with Gasteiger partial charge in [-0.1, -0.05) is 0 Å². The number of amides is 1. The Morgan fingerprint density at radius 1 is 1.22 bits per heavy atom. The number of carbonyl (C=O) groups is 1. The molecule has 0 saturated heterocycles. The molecule has 1 aliphatic heterocycles. The minimum absolute atomic E-state index is 0.0191. The van der Waals surface area contributed by atoms with E-state index in [9.17, 15) is 9.59 Å². The highest BCUT2D eigenvalue weighted by Gasteiger charge is 2.20. The summed E-state index contributed by atoms with van der Waals surface area (Å²) in [4.78, 5) is 37.0. The number of thiazole rings is 1. The fraction of sp³-hybridized carbons (Fsp3) is 0.182. The number of nitrogens with zero attached hydrogens (tertiary/aromatic N) is 2. The molecule has 0 radical (unpaired) electrons. The van der Waals surface area contributed by atoms with Crippen LogP contribution in [0.15, 0.2) is 41.5 Å². The van der Waals surface area contributed by atoms with E-state index in [2.05, 4.69) is 30.9 Å². The lowest BCUT2D eigenvalue weighted by atomic mass is 10.1. The maximum Gasteiger partial charge on any atom is 0.263 e. The lowest BCUT2D eigenvalue weighted by Gasteiger charge is -2.22. The van der Waals surface area contributed by atoms with Crippen LogP contribution in [0.4, 0.5) is 22.7 Å². The van der Waals surface area contributed by atoms with Gasteiger partial charge >= 0.3 is 0 Å². The fourth-order valence-electron chi connectivity index (χ4n) is 3.61. The lowest BCUT2D eigenvalue weighted by molar-refractivity contribution is 0.102. The zero-order valence-corrected chi connectivity index (χ0v) is 18.2. The predicted molar refractivity (Wildman–Crippen MR) is 126 cm³/mol. The number of hydrogen-bond acceptors (Lipinski definition) is 8. The van der Waals surface area contributed by atoms with Gasteiger partial charge in [0.2, 0.25) is 5.88 Å². The number of pyridine rings is 2. The number of benzene rings is 1. The first-order valence-corrected chi connectivity index (χ1v) is 10.8. The van der Waals surface area contributed by atoms with Crippen LogP contribution in [0.25, 0.3) is 10.2 Å². The van der Waals surface area contributed by atoms with Gasteiger partial charge in [-0.25, -0.2) is 9.97 Å². The van der Waals surface area contributed by atoms with Crippen LogP contribution in [0.1, 0.15) is 20.9 Å². The van der Waals surface area contributed by atoms with Gasteiger partial charge in [0, 0.05) is 24.0 Å². The molecular formula is C22H20N6O3S. The summed E-state index contributed by atoms with van der Waals surface area (Å²) in [7, 11) is 0. The molecule has 0 saturated carbocycles. The molecule has 0 unspecified atom stereocenters. The molecule has 1 amide bonds. The Kier molecular flexibility index (Phi) is 4.98. The van der Waals surface area contributed by atoms with Gasteiger partial charge in [-0.2, -0.15) is 0 Å². The zero-order valence-electron chi connectivity index (χ0n) is 17.4. The monoisotopic (exact) mass is 448 g/mol. The number of fused-ring (bicyclic) bond motifs is 2. The largest absolute Gasteiger partial charge is 0.474 e. The average molecular weight is 449 g/mol. The van der Waals surface area contributed by atoms with Crippen LogP contribution >= 0.6 is 11.3 Å². The molecule has 162 valence electrons. The topological polar surface area (TPSA) is 121 Å². The van der Waals surface area contributed by atoms with Crippen LogP contribution < -0.4 is 26.2 Å². The molecule has 10 heteroatoms. The Morgan fingerprint density at radius 3 is 2.97 bits per heavy atom. The zero-order chi connectivity index (χ0) is 22.2. The highest BCUT2D eigenvalue weighted by atomic mass is 32.1. The number of nitrogens with one attached hydrogen (secondary N) is 4. The standard InChI is InChI=1S/C22H20N6O3S/c1-11-16(10-25-22-19(11)23-7-8-31-22)28-15-5-6-24-20(29)18(15)21(30)27-13-3-4-14-17(9-13)32-12(2)26-14/h3-6,9-10,23H,7-8H2,1-2H3,(H,27,30)(H2,24,28,29). The lowest BCUT2D eigenvalue weighted by Crippen LogP contribution is -2.25. The Hall–Kier alpha value is -3.92. The molecule has 5 rings (SSSR count). The minimum Gasteiger partial charge on any atom is -0.474 e. The van der Waals surface area contributed by atoms with Crippen molar-refractivity contribution in [3.63, 3.8) is 0 Å². The van der Waals surface area contributed by atoms with E-state index in [1.54, 1.807) is 29.7 Å². The van der Waals surface area contributed by atoms with E-state index >= 15 is 0 Å². The Balaban J connectivity index is 1.46. The molecule has 4 heterocycles. The van der Waals surface area contributed by atoms with Gasteiger partial charge in [0.15, 0.2) is 0 Å². The second-order valence-corrected chi connectivity index (χ2v) is 8.58. The molecule has 0 aliphatic carbocycles. The number of hydrogen-bond donors (Lipinski definition) is 4. The Labute approximate surface area is 186 Å². The SMILES string of the molecule is Cc1nc2ccc(NC(=O)c3c(Nc4cnc5c(c4C)NCCO5)cc[nH]c3=O)cc2s1. The number of carbonyl (C=O) groups excluding carboxylic acids is 1. The third-order valence-electron chi connectivity index (χ3n) is 5.16. The summed E-state index contributed by atoms with van der Waals surface area (Å²) in [6.07, 6.45) is 3.13. The van der Waals surface area contributed by atoms with Gasteiger partial charge in [0.05, 0.1) is 32.8 Å². The van der Waals surface area contributed by atoms with E-state index < -0.39 is 11.5 Å². The molecule has 32 heavy (non-hydrogen) atoms. The molecular weight excluding hydrogens is 428 g/mol. The Morgan fingerprint density at radius 2 is 2.09 bits per heavy atom. The summed E-state index contributed by atoms with van der Waals surface area (Å²) in [6.45, 7) is 5.09. The maximum atomic E-state index is 13.1. The average Bonchev–Trinajstić information content (AvgIpc) is 3.15. The summed E-state index contributed by atoms with van der Waals surface area (Å²) >= 11 is 1.54. The first-order valence-electron chi connectivity index (χ1n) is 10.0. The van der Waals surface area contributed by atoms with Crippen molar-refractivity contribution in [2.45, 2.75) is 13.8 Å². The van der Waals surface area contributed by atoms with Gasteiger partial charge in [-0.15, -0.1) is 11.3 Å². The van der Waals surface area contributed by atoms with E-state index in [0.29, 0.717) is 36.1 Å². The first kappa shape index (κ1) is 20.0. The number of aryl methyl sites for hydroxylation is 1. The second kappa shape index (κ2) is 7.97. The van der Waals surface area contributed by atoms with Crippen molar-refractivity contribution in [2.24, 2.45) is 0 Å². The highest BCUT2D eigenvalue weighted by Crippen LogP contribution is 2.34. The predicted octanol–water partition coefficient (Wildman–Crippen LogP) is 3.80. The van der Waals surface area contributed by atoms with Gasteiger partial charge < -0.3 is 25.7 Å². The van der Waals surface area contributed by atoms with Crippen LogP contribution in [0, 0.1) is 13.8 Å². The molecule has 0 spiro atoms. The molecule has 0 atom stereocenters. The van der Waals surface area contributed by atoms with E-state index in [-0.39, 0.29) is 5.56 Å². The van der Waals surface area contributed by atoms with Crippen molar-refractivity contribution in [1.82, 2.24) is 15.0 Å². The summed E-state index contributed by atoms with van der Waals surface area (Å²) in [5, 5.41) is 10.2. The van der Waals surface area contributed by atoms with Crippen LogP contribution in [0.5, 0.6) is 5.88 Å². The molecule has 3 aromatic heterocycles. The molecule has 9 nitrogen and oxygen atoms in total. The van der Waals surface area contributed by atoms with Crippen molar-refractivity contribution in [1.29, 1.82) is 0 Å². The van der Waals surface area contributed by atoms with Crippen molar-refractivity contribution in [3.05, 3.63) is 63.1 Å². The number of anilines is 4. The van der Waals surface area contributed by atoms with Gasteiger partial charge in [0.1, 0.15) is 17.9 Å². The van der Waals surface area contributed by atoms with Crippen LogP contribution in [0.2, 0.25) is 0 Å². The van der Waals surface area contributed by atoms with Gasteiger partial charge in [-0.3, -0.25) is 9.59 Å². The van der Waals surface area contributed by atoms with Crippen LogP contribution in [-0.2, 0) is 0 Å². The van der Waals surface area contributed by atoms with E-state index in [1.807, 2.05) is 26.0 Å². The number of H-pyrrole nitrogens is 1. The minimum atomic E-state index is -0.514. The van der Waals surface area contributed by atoms with E-state index in [1.165, 1.54) is 6.20 Å². The molecule has 1 aromatic carbocycles. The van der Waals surface area contributed by atoms with Crippen LogP contribution in [-0.4, -0.2) is 34.0 Å². The van der Waals surface area contributed by atoms with E-state index in [0.717, 1.165) is 26.5 Å². The fourth-order valence-corrected chi connectivity index (χ4v) is 4.48. The summed E-state index contributed by atoms with van der Waals surface area (Å²) in [6, 6.07) is 7.12. The van der Waals surface area contributed by atoms with Crippen molar-refractivity contribution >= 4 is 50.2 Å². The van der Waals surface area contributed by atoms with Crippen molar-refractivity contribution < 1.29 is 9.53 Å². The smallest absolute Gasteiger partial charge is 0.263 e. The van der Waals surface area contributed by atoms with E-state index in [4.69, 9.17) is 4.74 Å². The molecule has 0 bridgehead atoms. The highest BCUT2D eigenvalue weighted by molar-refractivity contribution is 7.18. The Bertz CT molecular complexity index is 1410. The summed E-state index contributed by atoms with van der Waals surface area (Å²) < 4.78 is 6.53. The number of rotatable bonds is 4. The third-order valence-corrected chi connectivity index (χ3v) is 6.09. The molecule has 4 N–H and O–H groups in total. The maximum absolute atomic E-state index is 13.1. The molecule has 0 fully saturated rings. The normalized spacial score (nSPS) is 12.6. The quantitative estimate of drug-likeness (QED) is 0.375. The first-order chi connectivity index (χ1) is 15.5. The van der Waals surface area contributed by atoms with Gasteiger partial charge in [-0.05, 0) is 38.1 Å². The number of aromatic amines is 1. The van der Waals surface area contributed by atoms with Crippen molar-refractivity contribution in [3.8, 4) is 5.88 Å². The molecule has 1 aliphatic rings. The summed E-state index contributed by atoms with van der Waals surface area (Å²) in [5.41, 5.74) is 3.68. The second-order valence-electron chi connectivity index (χ2n) is 7.34. The molecule has 4 aromatic rings. The third kappa shape index (κ3) is 3.65.